The molecule has 12 heavy (non-hydrogen) atoms. The molecule has 0 aliphatic rings. The third-order valence-electron chi connectivity index (χ3n) is 1.45. The molecule has 0 unspecified atom stereocenters. The maximum absolute atomic E-state index is 13.0. The second-order valence-corrected chi connectivity index (χ2v) is 3.37. The van der Waals surface area contributed by atoms with Gasteiger partial charge in [0.2, 0.25) is 0 Å². The summed E-state index contributed by atoms with van der Waals surface area (Å²) in [5.41, 5.74) is 0.461. The smallest absolute Gasteiger partial charge is 0.128 e. The molecule has 2 nitrogen and oxygen atoms in total. The highest BCUT2D eigenvalue weighted by Gasteiger charge is 2.07. The molecule has 0 aliphatic heterocycles. The van der Waals surface area contributed by atoms with Crippen molar-refractivity contribution in [2.75, 3.05) is 7.05 Å². The van der Waals surface area contributed by atoms with Crippen molar-refractivity contribution in [3.8, 4) is 0 Å². The highest BCUT2D eigenvalue weighted by Crippen LogP contribution is 2.20. The Kier molecular flexibility index (Phi) is 3.20. The lowest BCUT2D eigenvalue weighted by atomic mass is 10.2. The van der Waals surface area contributed by atoms with Gasteiger partial charge in [-0.1, -0.05) is 22.0 Å². The van der Waals surface area contributed by atoms with Gasteiger partial charge < -0.3 is 5.21 Å². The van der Waals surface area contributed by atoms with Crippen molar-refractivity contribution in [1.29, 1.82) is 0 Å². The molecule has 1 N–H and O–H groups in total. The predicted octanol–water partition coefficient (Wildman–Crippen LogP) is 2.41. The van der Waals surface area contributed by atoms with Crippen molar-refractivity contribution < 1.29 is 9.60 Å². The predicted molar refractivity (Wildman–Crippen MR) is 47.4 cm³/mol. The molecular formula is C8H9BrFNO. The van der Waals surface area contributed by atoms with Crippen LogP contribution in [0.3, 0.4) is 0 Å². The number of nitrogens with zero attached hydrogens (tertiary/aromatic N) is 1. The van der Waals surface area contributed by atoms with Crippen LogP contribution in [0.5, 0.6) is 0 Å². The van der Waals surface area contributed by atoms with E-state index in [-0.39, 0.29) is 12.4 Å². The van der Waals surface area contributed by atoms with E-state index in [0.29, 0.717) is 10.0 Å². The van der Waals surface area contributed by atoms with E-state index < -0.39 is 0 Å². The van der Waals surface area contributed by atoms with Crippen molar-refractivity contribution in [3.05, 3.63) is 34.1 Å². The summed E-state index contributed by atoms with van der Waals surface area (Å²) < 4.78 is 13.7. The maximum Gasteiger partial charge on any atom is 0.128 e. The number of hydrogen-bond acceptors (Lipinski definition) is 2. The average Bonchev–Trinajstić information content (AvgIpc) is 1.97. The fourth-order valence-electron chi connectivity index (χ4n) is 0.912. The van der Waals surface area contributed by atoms with E-state index in [4.69, 9.17) is 5.21 Å². The number of halogens is 2. The molecule has 0 aromatic heterocycles. The van der Waals surface area contributed by atoms with Gasteiger partial charge in [0.1, 0.15) is 5.82 Å². The molecule has 0 aliphatic carbocycles. The Morgan fingerprint density at radius 3 is 2.75 bits per heavy atom. The van der Waals surface area contributed by atoms with E-state index in [1.165, 1.54) is 13.1 Å². The highest BCUT2D eigenvalue weighted by atomic mass is 79.9. The Hall–Kier alpha value is -0.450. The Morgan fingerprint density at radius 2 is 2.25 bits per heavy atom. The summed E-state index contributed by atoms with van der Waals surface area (Å²) in [5, 5.41) is 9.83. The molecule has 1 aromatic rings. The van der Waals surface area contributed by atoms with E-state index in [1.54, 1.807) is 12.1 Å². The highest BCUT2D eigenvalue weighted by molar-refractivity contribution is 9.10. The summed E-state index contributed by atoms with van der Waals surface area (Å²) in [6.45, 7) is 0.174. The van der Waals surface area contributed by atoms with Crippen molar-refractivity contribution in [3.63, 3.8) is 0 Å². The van der Waals surface area contributed by atoms with Gasteiger partial charge in [0.15, 0.2) is 0 Å². The second kappa shape index (κ2) is 3.98. The number of hydrogen-bond donors (Lipinski definition) is 1. The van der Waals surface area contributed by atoms with Crippen LogP contribution < -0.4 is 0 Å². The monoisotopic (exact) mass is 233 g/mol. The van der Waals surface area contributed by atoms with E-state index >= 15 is 0 Å². The van der Waals surface area contributed by atoms with Crippen LogP contribution in [-0.2, 0) is 6.54 Å². The summed E-state index contributed by atoms with van der Waals surface area (Å²) in [5.74, 6) is -0.315. The molecule has 0 spiro atoms. The molecule has 1 rings (SSSR count). The quantitative estimate of drug-likeness (QED) is 0.794. The molecule has 4 heteroatoms. The van der Waals surface area contributed by atoms with Crippen molar-refractivity contribution in [1.82, 2.24) is 5.06 Å². The molecule has 0 bridgehead atoms. The fraction of sp³-hybridized carbons (Fsp3) is 0.250. The van der Waals surface area contributed by atoms with Gasteiger partial charge in [-0.2, -0.15) is 5.06 Å². The van der Waals surface area contributed by atoms with E-state index in [0.717, 1.165) is 5.06 Å². The van der Waals surface area contributed by atoms with Crippen LogP contribution in [-0.4, -0.2) is 17.3 Å². The van der Waals surface area contributed by atoms with Crippen LogP contribution in [0.4, 0.5) is 4.39 Å². The zero-order valence-electron chi connectivity index (χ0n) is 6.59. The lowest BCUT2D eigenvalue weighted by Crippen LogP contribution is -2.13. The van der Waals surface area contributed by atoms with E-state index in [1.807, 2.05) is 0 Å². The molecule has 0 fully saturated rings. The van der Waals surface area contributed by atoms with Crippen molar-refractivity contribution >= 4 is 15.9 Å². The van der Waals surface area contributed by atoms with Crippen LogP contribution in [0.1, 0.15) is 5.56 Å². The Balaban J connectivity index is 2.96. The lowest BCUT2D eigenvalue weighted by Gasteiger charge is -2.10. The molecule has 0 atom stereocenters. The molecule has 1 aromatic carbocycles. The molecule has 0 amide bonds. The average molecular weight is 234 g/mol. The van der Waals surface area contributed by atoms with Gasteiger partial charge in [-0.15, -0.1) is 0 Å². The van der Waals surface area contributed by atoms with Gasteiger partial charge in [0.25, 0.3) is 0 Å². The van der Waals surface area contributed by atoms with Crippen LogP contribution >= 0.6 is 15.9 Å². The summed E-state index contributed by atoms with van der Waals surface area (Å²) in [6.07, 6.45) is 0. The SMILES string of the molecule is CN(O)Cc1c(F)cccc1Br. The zero-order chi connectivity index (χ0) is 9.14. The van der Waals surface area contributed by atoms with Gasteiger partial charge in [-0.3, -0.25) is 0 Å². The standard InChI is InChI=1S/C8H9BrFNO/c1-11(12)5-6-7(9)3-2-4-8(6)10/h2-4,12H,5H2,1H3. The largest absolute Gasteiger partial charge is 0.314 e. The normalized spacial score (nSPS) is 10.8. The third kappa shape index (κ3) is 2.27. The first kappa shape index (κ1) is 9.64. The van der Waals surface area contributed by atoms with Gasteiger partial charge in [-0.25, -0.2) is 4.39 Å². The van der Waals surface area contributed by atoms with Crippen LogP contribution in [0, 0.1) is 5.82 Å². The summed E-state index contributed by atoms with van der Waals surface area (Å²) in [6, 6.07) is 4.71. The van der Waals surface area contributed by atoms with Gasteiger partial charge in [0.05, 0.1) is 6.54 Å². The molecule has 0 radical (unpaired) electrons. The first-order chi connectivity index (χ1) is 5.61. The number of rotatable bonds is 2. The number of hydroxylamine groups is 2. The minimum absolute atomic E-state index is 0.174. The molecule has 66 valence electrons. The first-order valence-corrected chi connectivity index (χ1v) is 4.23. The van der Waals surface area contributed by atoms with Crippen LogP contribution in [0.25, 0.3) is 0 Å². The third-order valence-corrected chi connectivity index (χ3v) is 2.19. The van der Waals surface area contributed by atoms with Crippen molar-refractivity contribution in [2.24, 2.45) is 0 Å². The zero-order valence-corrected chi connectivity index (χ0v) is 8.18. The molecule has 0 saturated heterocycles. The summed E-state index contributed by atoms with van der Waals surface area (Å²) >= 11 is 3.20. The summed E-state index contributed by atoms with van der Waals surface area (Å²) in [4.78, 5) is 0. The second-order valence-electron chi connectivity index (χ2n) is 2.52. The topological polar surface area (TPSA) is 23.5 Å². The van der Waals surface area contributed by atoms with E-state index in [9.17, 15) is 4.39 Å². The van der Waals surface area contributed by atoms with Gasteiger partial charge in [0, 0.05) is 17.1 Å². The first-order valence-electron chi connectivity index (χ1n) is 3.44. The van der Waals surface area contributed by atoms with Gasteiger partial charge >= 0.3 is 0 Å². The Morgan fingerprint density at radius 1 is 1.58 bits per heavy atom. The summed E-state index contributed by atoms with van der Waals surface area (Å²) in [7, 11) is 1.47. The maximum atomic E-state index is 13.0. The molecule has 0 saturated carbocycles. The molecule has 0 heterocycles. The van der Waals surface area contributed by atoms with Crippen LogP contribution in [0.2, 0.25) is 0 Å². The minimum atomic E-state index is -0.315. The Bertz CT molecular complexity index is 258. The minimum Gasteiger partial charge on any atom is -0.314 e. The Labute approximate surface area is 78.7 Å². The number of benzene rings is 1. The van der Waals surface area contributed by atoms with E-state index in [2.05, 4.69) is 15.9 Å². The van der Waals surface area contributed by atoms with Gasteiger partial charge in [-0.05, 0) is 12.1 Å². The molecular weight excluding hydrogens is 225 g/mol. The lowest BCUT2D eigenvalue weighted by molar-refractivity contribution is -0.0740. The fourth-order valence-corrected chi connectivity index (χ4v) is 1.38. The van der Waals surface area contributed by atoms with Crippen molar-refractivity contribution in [2.45, 2.75) is 6.54 Å². The van der Waals surface area contributed by atoms with Crippen LogP contribution in [0.15, 0.2) is 22.7 Å².